The molecule has 0 radical (unpaired) electrons. The first-order valence-corrected chi connectivity index (χ1v) is 10.7. The summed E-state index contributed by atoms with van der Waals surface area (Å²) >= 11 is 0. The number of hydrogen-bond acceptors (Lipinski definition) is 6. The molecule has 0 spiro atoms. The summed E-state index contributed by atoms with van der Waals surface area (Å²) in [7, 11) is -4.63. The van der Waals surface area contributed by atoms with Crippen LogP contribution in [0.25, 0.3) is 0 Å². The van der Waals surface area contributed by atoms with Crippen LogP contribution in [0.4, 0.5) is 0 Å². The van der Waals surface area contributed by atoms with E-state index in [0.29, 0.717) is 31.8 Å². The van der Waals surface area contributed by atoms with Gasteiger partial charge in [-0.15, -0.1) is 0 Å². The van der Waals surface area contributed by atoms with Crippen molar-refractivity contribution in [2.45, 2.75) is 25.3 Å². The van der Waals surface area contributed by atoms with Crippen molar-refractivity contribution < 1.29 is 33.5 Å². The minimum Gasteiger partial charge on any atom is -0.490 e. The van der Waals surface area contributed by atoms with Crippen molar-refractivity contribution in [1.29, 1.82) is 0 Å². The molecule has 0 amide bonds. The lowest BCUT2D eigenvalue weighted by atomic mass is 9.94. The van der Waals surface area contributed by atoms with E-state index in [1.165, 1.54) is 0 Å². The van der Waals surface area contributed by atoms with Crippen molar-refractivity contribution >= 4 is 7.82 Å². The quantitative estimate of drug-likeness (QED) is 0.301. The van der Waals surface area contributed by atoms with Crippen LogP contribution in [-0.4, -0.2) is 46.9 Å². The minimum absolute atomic E-state index is 0.300. The zero-order valence-electron chi connectivity index (χ0n) is 16.4. The fourth-order valence-corrected chi connectivity index (χ4v) is 3.01. The first kappa shape index (κ1) is 23.3. The Morgan fingerprint density at radius 3 is 2.31 bits per heavy atom. The van der Waals surface area contributed by atoms with Gasteiger partial charge in [-0.25, -0.2) is 4.57 Å². The number of benzene rings is 2. The van der Waals surface area contributed by atoms with E-state index < -0.39 is 26.6 Å². The smallest absolute Gasteiger partial charge is 0.469 e. The number of aliphatic hydroxyl groups excluding tert-OH is 1. The molecular formula is C20H28NO7P. The molecule has 0 saturated carbocycles. The maximum atomic E-state index is 10.8. The number of phosphoric acid groups is 1. The first-order chi connectivity index (χ1) is 13.7. The van der Waals surface area contributed by atoms with Gasteiger partial charge in [-0.1, -0.05) is 30.3 Å². The molecule has 9 heteroatoms. The summed E-state index contributed by atoms with van der Waals surface area (Å²) in [5.41, 5.74) is 6.75. The predicted molar refractivity (Wildman–Crippen MR) is 109 cm³/mol. The van der Waals surface area contributed by atoms with E-state index >= 15 is 0 Å². The molecule has 0 unspecified atom stereocenters. The molecule has 1 atom stereocenters. The second kappa shape index (κ2) is 10.7. The topological polar surface area (TPSA) is 131 Å². The monoisotopic (exact) mass is 425 g/mol. The summed E-state index contributed by atoms with van der Waals surface area (Å²) in [6.45, 7) is 1.94. The maximum absolute atomic E-state index is 10.8. The summed E-state index contributed by atoms with van der Waals surface area (Å²) < 4.78 is 26.6. The third-order valence-electron chi connectivity index (χ3n) is 4.37. The zero-order chi connectivity index (χ0) is 21.3. The highest BCUT2D eigenvalue weighted by atomic mass is 31.2. The van der Waals surface area contributed by atoms with Gasteiger partial charge >= 0.3 is 7.82 Å². The van der Waals surface area contributed by atoms with Crippen molar-refractivity contribution in [2.24, 2.45) is 5.73 Å². The van der Waals surface area contributed by atoms with Crippen LogP contribution in [0.15, 0.2) is 48.5 Å². The number of phosphoric ester groups is 1. The molecule has 0 aliphatic rings. The Balaban J connectivity index is 1.76. The Morgan fingerprint density at radius 2 is 1.69 bits per heavy atom. The van der Waals surface area contributed by atoms with Gasteiger partial charge in [0.2, 0.25) is 0 Å². The van der Waals surface area contributed by atoms with E-state index in [1.807, 2.05) is 55.5 Å². The minimum atomic E-state index is -4.63. The Kier molecular flexibility index (Phi) is 8.64. The van der Waals surface area contributed by atoms with Crippen LogP contribution >= 0.6 is 7.82 Å². The van der Waals surface area contributed by atoms with Crippen LogP contribution in [0, 0.1) is 6.92 Å². The molecule has 0 aliphatic heterocycles. The zero-order valence-corrected chi connectivity index (χ0v) is 17.3. The van der Waals surface area contributed by atoms with Crippen LogP contribution in [0.2, 0.25) is 0 Å². The van der Waals surface area contributed by atoms with Crippen molar-refractivity contribution in [3.63, 3.8) is 0 Å². The summed E-state index contributed by atoms with van der Waals surface area (Å²) in [5.74, 6) is 1.54. The average molecular weight is 425 g/mol. The number of ether oxygens (including phenoxy) is 2. The SMILES string of the molecule is Cc1ccccc1OCCOc1ccc(CC[C@](N)(CO)COP(=O)(O)O)cc1. The van der Waals surface area contributed by atoms with Crippen LogP contribution in [-0.2, 0) is 15.5 Å². The molecular weight excluding hydrogens is 397 g/mol. The van der Waals surface area contributed by atoms with E-state index in [1.54, 1.807) is 0 Å². The summed E-state index contributed by atoms with van der Waals surface area (Å²) in [4.78, 5) is 17.6. The van der Waals surface area contributed by atoms with Gasteiger partial charge < -0.3 is 30.1 Å². The Bertz CT molecular complexity index is 809. The van der Waals surface area contributed by atoms with Gasteiger partial charge in [0.1, 0.15) is 24.7 Å². The second-order valence-corrected chi connectivity index (χ2v) is 8.13. The van der Waals surface area contributed by atoms with Crippen molar-refractivity contribution in [3.05, 3.63) is 59.7 Å². The highest BCUT2D eigenvalue weighted by Gasteiger charge is 2.28. The molecule has 2 aromatic rings. The molecule has 0 saturated heterocycles. The fraction of sp³-hybridized carbons (Fsp3) is 0.400. The van der Waals surface area contributed by atoms with E-state index in [-0.39, 0.29) is 0 Å². The third-order valence-corrected chi connectivity index (χ3v) is 4.84. The molecule has 29 heavy (non-hydrogen) atoms. The standard InChI is InChI=1S/C20H28NO7P/c1-16-4-2-3-5-19(16)27-13-12-26-18-8-6-17(7-9-18)10-11-20(21,14-22)15-28-29(23,24)25/h2-9,22H,10-15,21H2,1H3,(H2,23,24,25)/t20-/m0/s1. The lowest BCUT2D eigenvalue weighted by Gasteiger charge is -2.27. The van der Waals surface area contributed by atoms with Gasteiger partial charge in [0.15, 0.2) is 0 Å². The largest absolute Gasteiger partial charge is 0.490 e. The molecule has 8 nitrogen and oxygen atoms in total. The number of nitrogens with two attached hydrogens (primary N) is 1. The average Bonchev–Trinajstić information content (AvgIpc) is 2.70. The maximum Gasteiger partial charge on any atom is 0.469 e. The summed E-state index contributed by atoms with van der Waals surface area (Å²) in [6, 6.07) is 15.2. The summed E-state index contributed by atoms with van der Waals surface area (Å²) in [6.07, 6.45) is 0.812. The van der Waals surface area contributed by atoms with Crippen molar-refractivity contribution in [3.8, 4) is 11.5 Å². The van der Waals surface area contributed by atoms with E-state index in [4.69, 9.17) is 25.0 Å². The van der Waals surface area contributed by atoms with Gasteiger partial charge in [-0.2, -0.15) is 0 Å². The van der Waals surface area contributed by atoms with Gasteiger partial charge in [-0.05, 0) is 49.1 Å². The predicted octanol–water partition coefficient (Wildman–Crippen LogP) is 2.18. The Labute approximate surface area is 170 Å². The molecule has 0 bridgehead atoms. The summed E-state index contributed by atoms with van der Waals surface area (Å²) in [5, 5.41) is 9.43. The van der Waals surface area contributed by atoms with Crippen molar-refractivity contribution in [2.75, 3.05) is 26.4 Å². The number of hydrogen-bond donors (Lipinski definition) is 4. The van der Waals surface area contributed by atoms with Gasteiger partial charge in [0, 0.05) is 0 Å². The van der Waals surface area contributed by atoms with Gasteiger partial charge in [0.05, 0.1) is 18.8 Å². The Morgan fingerprint density at radius 1 is 1.03 bits per heavy atom. The molecule has 160 valence electrons. The van der Waals surface area contributed by atoms with Gasteiger partial charge in [0.25, 0.3) is 0 Å². The van der Waals surface area contributed by atoms with E-state index in [9.17, 15) is 9.67 Å². The Hall–Kier alpha value is -1.93. The molecule has 0 aliphatic carbocycles. The first-order valence-electron chi connectivity index (χ1n) is 9.21. The number of aliphatic hydroxyl groups is 1. The van der Waals surface area contributed by atoms with Crippen LogP contribution in [0.5, 0.6) is 11.5 Å². The lowest BCUT2D eigenvalue weighted by Crippen LogP contribution is -2.48. The third kappa shape index (κ3) is 8.53. The molecule has 5 N–H and O–H groups in total. The second-order valence-electron chi connectivity index (χ2n) is 6.89. The number of para-hydroxylation sites is 1. The van der Waals surface area contributed by atoms with Gasteiger partial charge in [-0.3, -0.25) is 4.52 Å². The van der Waals surface area contributed by atoms with Crippen LogP contribution < -0.4 is 15.2 Å². The normalized spacial score (nSPS) is 13.7. The van der Waals surface area contributed by atoms with E-state index in [0.717, 1.165) is 16.9 Å². The van der Waals surface area contributed by atoms with Crippen LogP contribution in [0.1, 0.15) is 17.5 Å². The molecule has 0 aromatic heterocycles. The highest BCUT2D eigenvalue weighted by Crippen LogP contribution is 2.36. The van der Waals surface area contributed by atoms with E-state index in [2.05, 4.69) is 4.52 Å². The number of rotatable bonds is 12. The van der Waals surface area contributed by atoms with Crippen LogP contribution in [0.3, 0.4) is 0 Å². The molecule has 0 heterocycles. The lowest BCUT2D eigenvalue weighted by molar-refractivity contribution is 0.102. The molecule has 2 aromatic carbocycles. The highest BCUT2D eigenvalue weighted by molar-refractivity contribution is 7.46. The number of aryl methyl sites for hydroxylation is 2. The molecule has 0 fully saturated rings. The fourth-order valence-electron chi connectivity index (χ4n) is 2.58. The van der Waals surface area contributed by atoms with Crippen molar-refractivity contribution in [1.82, 2.24) is 0 Å². The molecule has 2 rings (SSSR count).